The van der Waals surface area contributed by atoms with E-state index in [0.29, 0.717) is 0 Å². The van der Waals surface area contributed by atoms with Crippen molar-refractivity contribution in [3.63, 3.8) is 0 Å². The Morgan fingerprint density at radius 1 is 1.47 bits per heavy atom. The van der Waals surface area contributed by atoms with Crippen LogP contribution in [-0.2, 0) is 0 Å². The monoisotopic (exact) mass is 213 g/mol. The number of Topliss-reactive ketones (excluding diaryl/α,β-unsaturated/α-hetero) is 1. The number of hydrogen-bond donors (Lipinski definition) is 1. The second-order valence-corrected chi connectivity index (χ2v) is 3.35. The van der Waals surface area contributed by atoms with E-state index in [2.05, 4.69) is 0 Å². The summed E-state index contributed by atoms with van der Waals surface area (Å²) in [6.45, 7) is 1.93. The Hall–Kier alpha value is -1.29. The molecule has 0 saturated carbocycles. The molecule has 0 saturated heterocycles. The minimum atomic E-state index is -2.62. The van der Waals surface area contributed by atoms with Gasteiger partial charge in [0, 0.05) is 17.5 Å². The molecule has 15 heavy (non-hydrogen) atoms. The van der Waals surface area contributed by atoms with Crippen molar-refractivity contribution in [2.45, 2.75) is 19.8 Å². The van der Waals surface area contributed by atoms with Crippen molar-refractivity contribution < 1.29 is 13.6 Å². The molecule has 4 heteroatoms. The van der Waals surface area contributed by atoms with E-state index in [4.69, 9.17) is 5.73 Å². The van der Waals surface area contributed by atoms with Crippen LogP contribution < -0.4 is 5.73 Å². The molecular formula is C11H13F2NO. The largest absolute Gasteiger partial charge is 0.330 e. The second kappa shape index (κ2) is 4.98. The van der Waals surface area contributed by atoms with Crippen LogP contribution in [0.3, 0.4) is 0 Å². The Morgan fingerprint density at radius 2 is 2.13 bits per heavy atom. The highest BCUT2D eigenvalue weighted by atomic mass is 19.3. The minimum absolute atomic E-state index is 0.0930. The van der Waals surface area contributed by atoms with Crippen LogP contribution in [0.4, 0.5) is 8.78 Å². The standard InChI is InChI=1S/C11H13F2NO/c1-7-2-3-8(11(12)13)9(6-7)10(15)4-5-14/h2-3,6,11H,4-5,14H2,1H3. The lowest BCUT2D eigenvalue weighted by Crippen LogP contribution is -2.10. The first-order chi connectivity index (χ1) is 7.06. The molecule has 2 N–H and O–H groups in total. The summed E-state index contributed by atoms with van der Waals surface area (Å²) in [4.78, 5) is 11.5. The summed E-state index contributed by atoms with van der Waals surface area (Å²) in [6.07, 6.45) is -2.52. The summed E-state index contributed by atoms with van der Waals surface area (Å²) in [6, 6.07) is 4.35. The summed E-state index contributed by atoms with van der Waals surface area (Å²) in [5, 5.41) is 0. The number of hydrogen-bond acceptors (Lipinski definition) is 2. The molecule has 0 amide bonds. The van der Waals surface area contributed by atoms with Crippen LogP contribution in [0.1, 0.15) is 34.3 Å². The zero-order chi connectivity index (χ0) is 11.4. The van der Waals surface area contributed by atoms with Gasteiger partial charge in [-0.15, -0.1) is 0 Å². The molecule has 0 spiro atoms. The van der Waals surface area contributed by atoms with Crippen molar-refractivity contribution in [2.75, 3.05) is 6.54 Å². The van der Waals surface area contributed by atoms with Crippen molar-refractivity contribution in [3.05, 3.63) is 34.9 Å². The zero-order valence-corrected chi connectivity index (χ0v) is 8.47. The van der Waals surface area contributed by atoms with Crippen LogP contribution >= 0.6 is 0 Å². The van der Waals surface area contributed by atoms with E-state index in [1.807, 2.05) is 0 Å². The van der Waals surface area contributed by atoms with Crippen LogP contribution in [0.2, 0.25) is 0 Å². The van der Waals surface area contributed by atoms with Crippen LogP contribution in [0, 0.1) is 6.92 Å². The van der Waals surface area contributed by atoms with Gasteiger partial charge in [0.05, 0.1) is 0 Å². The molecule has 1 aromatic rings. The molecule has 0 aliphatic heterocycles. The van der Waals surface area contributed by atoms with E-state index in [9.17, 15) is 13.6 Å². The second-order valence-electron chi connectivity index (χ2n) is 3.35. The van der Waals surface area contributed by atoms with Gasteiger partial charge in [-0.3, -0.25) is 4.79 Å². The first-order valence-corrected chi connectivity index (χ1v) is 4.68. The maximum Gasteiger partial charge on any atom is 0.264 e. The molecule has 0 bridgehead atoms. The maximum atomic E-state index is 12.6. The Balaban J connectivity index is 3.12. The molecule has 0 aromatic heterocycles. The number of rotatable bonds is 4. The summed E-state index contributed by atoms with van der Waals surface area (Å²) in [5.74, 6) is -0.323. The van der Waals surface area contributed by atoms with Gasteiger partial charge in [0.1, 0.15) is 0 Å². The van der Waals surface area contributed by atoms with E-state index in [0.717, 1.165) is 5.56 Å². The fourth-order valence-electron chi connectivity index (χ4n) is 1.37. The molecule has 0 aliphatic rings. The lowest BCUT2D eigenvalue weighted by atomic mass is 9.99. The van der Waals surface area contributed by atoms with E-state index < -0.39 is 6.43 Å². The van der Waals surface area contributed by atoms with Crippen molar-refractivity contribution in [1.29, 1.82) is 0 Å². The number of carbonyl (C=O) groups is 1. The first-order valence-electron chi connectivity index (χ1n) is 4.68. The topological polar surface area (TPSA) is 43.1 Å². The molecular weight excluding hydrogens is 200 g/mol. The van der Waals surface area contributed by atoms with Crippen molar-refractivity contribution in [1.82, 2.24) is 0 Å². The van der Waals surface area contributed by atoms with Gasteiger partial charge in [-0.05, 0) is 19.5 Å². The number of benzene rings is 1. The summed E-state index contributed by atoms with van der Waals surface area (Å²) in [5.41, 5.74) is 5.90. The van der Waals surface area contributed by atoms with E-state index in [-0.39, 0.29) is 29.9 Å². The number of halogens is 2. The van der Waals surface area contributed by atoms with Gasteiger partial charge >= 0.3 is 0 Å². The number of ketones is 1. The molecule has 2 nitrogen and oxygen atoms in total. The Kier molecular flexibility index (Phi) is 3.91. The van der Waals surface area contributed by atoms with Gasteiger partial charge in [-0.25, -0.2) is 8.78 Å². The molecule has 0 atom stereocenters. The Morgan fingerprint density at radius 3 is 2.67 bits per heavy atom. The number of aryl methyl sites for hydroxylation is 1. The van der Waals surface area contributed by atoms with Crippen molar-refractivity contribution in [3.8, 4) is 0 Å². The van der Waals surface area contributed by atoms with E-state index >= 15 is 0 Å². The van der Waals surface area contributed by atoms with Gasteiger partial charge in [0.15, 0.2) is 5.78 Å². The first kappa shape index (κ1) is 11.8. The van der Waals surface area contributed by atoms with Crippen LogP contribution in [-0.4, -0.2) is 12.3 Å². The third-order valence-corrected chi connectivity index (χ3v) is 2.12. The smallest absolute Gasteiger partial charge is 0.264 e. The highest BCUT2D eigenvalue weighted by Crippen LogP contribution is 2.24. The normalized spacial score (nSPS) is 10.7. The SMILES string of the molecule is Cc1ccc(C(F)F)c(C(=O)CCN)c1. The van der Waals surface area contributed by atoms with Crippen LogP contribution in [0.25, 0.3) is 0 Å². The van der Waals surface area contributed by atoms with Crippen LogP contribution in [0.5, 0.6) is 0 Å². The lowest BCUT2D eigenvalue weighted by Gasteiger charge is -2.08. The molecule has 0 aliphatic carbocycles. The predicted octanol–water partition coefficient (Wildman–Crippen LogP) is 2.46. The molecule has 1 rings (SSSR count). The third kappa shape index (κ3) is 2.83. The highest BCUT2D eigenvalue weighted by molar-refractivity contribution is 5.97. The molecule has 0 fully saturated rings. The Labute approximate surface area is 87.1 Å². The highest BCUT2D eigenvalue weighted by Gasteiger charge is 2.17. The average molecular weight is 213 g/mol. The molecule has 0 unspecified atom stereocenters. The fraction of sp³-hybridized carbons (Fsp3) is 0.364. The van der Waals surface area contributed by atoms with Crippen molar-refractivity contribution >= 4 is 5.78 Å². The Bertz CT molecular complexity index is 364. The fourth-order valence-corrected chi connectivity index (χ4v) is 1.37. The van der Waals surface area contributed by atoms with Gasteiger partial charge in [0.2, 0.25) is 0 Å². The van der Waals surface area contributed by atoms with Crippen molar-refractivity contribution in [2.24, 2.45) is 5.73 Å². The quantitative estimate of drug-likeness (QED) is 0.781. The number of carbonyl (C=O) groups excluding carboxylic acids is 1. The molecule has 0 radical (unpaired) electrons. The average Bonchev–Trinajstić information content (AvgIpc) is 2.17. The molecule has 82 valence electrons. The van der Waals surface area contributed by atoms with E-state index in [1.54, 1.807) is 13.0 Å². The molecule has 0 heterocycles. The summed E-state index contributed by atoms with van der Waals surface area (Å²) in [7, 11) is 0. The van der Waals surface area contributed by atoms with Gasteiger partial charge in [-0.2, -0.15) is 0 Å². The number of alkyl halides is 2. The van der Waals surface area contributed by atoms with Gasteiger partial charge < -0.3 is 5.73 Å². The summed E-state index contributed by atoms with van der Waals surface area (Å²) < 4.78 is 25.2. The maximum absolute atomic E-state index is 12.6. The lowest BCUT2D eigenvalue weighted by molar-refractivity contribution is 0.0971. The molecule has 1 aromatic carbocycles. The van der Waals surface area contributed by atoms with Gasteiger partial charge in [-0.1, -0.05) is 17.7 Å². The zero-order valence-electron chi connectivity index (χ0n) is 8.47. The summed E-state index contributed by atoms with van der Waals surface area (Å²) >= 11 is 0. The van der Waals surface area contributed by atoms with Crippen LogP contribution in [0.15, 0.2) is 18.2 Å². The minimum Gasteiger partial charge on any atom is -0.330 e. The predicted molar refractivity (Wildman–Crippen MR) is 54.1 cm³/mol. The van der Waals surface area contributed by atoms with Gasteiger partial charge in [0.25, 0.3) is 6.43 Å². The van der Waals surface area contributed by atoms with E-state index in [1.165, 1.54) is 12.1 Å². The number of nitrogens with two attached hydrogens (primary N) is 1. The third-order valence-electron chi connectivity index (χ3n) is 2.12.